The SMILES string of the molecule is Cc1nn(C)cc1NC(=O)C(C)CCN. The van der Waals surface area contributed by atoms with Crippen LogP contribution in [0.1, 0.15) is 19.0 Å². The van der Waals surface area contributed by atoms with Crippen molar-refractivity contribution in [2.45, 2.75) is 20.3 Å². The maximum absolute atomic E-state index is 11.7. The highest BCUT2D eigenvalue weighted by atomic mass is 16.1. The average molecular weight is 210 g/mol. The molecule has 0 aliphatic rings. The number of carbonyl (C=O) groups is 1. The first-order valence-corrected chi connectivity index (χ1v) is 5.05. The molecule has 0 fully saturated rings. The molecule has 1 unspecified atom stereocenters. The van der Waals surface area contributed by atoms with Crippen molar-refractivity contribution in [3.63, 3.8) is 0 Å². The number of nitrogens with one attached hydrogen (secondary N) is 1. The van der Waals surface area contributed by atoms with Gasteiger partial charge in [-0.25, -0.2) is 0 Å². The molecule has 5 heteroatoms. The van der Waals surface area contributed by atoms with Crippen LogP contribution in [0.3, 0.4) is 0 Å². The predicted octanol–water partition coefficient (Wildman–Crippen LogP) is 0.652. The molecule has 15 heavy (non-hydrogen) atoms. The third-order valence-corrected chi connectivity index (χ3v) is 2.32. The van der Waals surface area contributed by atoms with Crippen LogP contribution in [0.5, 0.6) is 0 Å². The van der Waals surface area contributed by atoms with Crippen molar-refractivity contribution in [3.05, 3.63) is 11.9 Å². The Hall–Kier alpha value is -1.36. The smallest absolute Gasteiger partial charge is 0.227 e. The first-order valence-electron chi connectivity index (χ1n) is 5.05. The molecule has 1 aromatic rings. The Labute approximate surface area is 89.6 Å². The summed E-state index contributed by atoms with van der Waals surface area (Å²) in [6.45, 7) is 4.26. The minimum absolute atomic E-state index is 0.00319. The Kier molecular flexibility index (Phi) is 3.85. The lowest BCUT2D eigenvalue weighted by Crippen LogP contribution is -2.22. The fourth-order valence-electron chi connectivity index (χ4n) is 1.36. The highest BCUT2D eigenvalue weighted by molar-refractivity contribution is 5.92. The zero-order chi connectivity index (χ0) is 11.4. The number of nitrogens with zero attached hydrogens (tertiary/aromatic N) is 2. The van der Waals surface area contributed by atoms with Gasteiger partial charge in [0.2, 0.25) is 5.91 Å². The summed E-state index contributed by atoms with van der Waals surface area (Å²) in [6.07, 6.45) is 2.49. The Morgan fingerprint density at radius 2 is 2.40 bits per heavy atom. The number of aryl methyl sites for hydroxylation is 2. The van der Waals surface area contributed by atoms with Gasteiger partial charge < -0.3 is 11.1 Å². The number of hydrogen-bond donors (Lipinski definition) is 2. The van der Waals surface area contributed by atoms with Crippen LogP contribution >= 0.6 is 0 Å². The van der Waals surface area contributed by atoms with Crippen molar-refractivity contribution in [3.8, 4) is 0 Å². The van der Waals surface area contributed by atoms with E-state index in [0.717, 1.165) is 11.4 Å². The van der Waals surface area contributed by atoms with Crippen molar-refractivity contribution in [1.29, 1.82) is 0 Å². The van der Waals surface area contributed by atoms with E-state index < -0.39 is 0 Å². The van der Waals surface area contributed by atoms with Gasteiger partial charge in [0.15, 0.2) is 0 Å². The molecule has 0 bridgehead atoms. The van der Waals surface area contributed by atoms with E-state index in [1.54, 1.807) is 10.9 Å². The van der Waals surface area contributed by atoms with Crippen LogP contribution in [0, 0.1) is 12.8 Å². The lowest BCUT2D eigenvalue weighted by atomic mass is 10.1. The zero-order valence-corrected chi connectivity index (χ0v) is 9.45. The first kappa shape index (κ1) is 11.7. The molecule has 0 aromatic carbocycles. The molecule has 0 radical (unpaired) electrons. The second kappa shape index (κ2) is 4.93. The molecular weight excluding hydrogens is 192 g/mol. The van der Waals surface area contributed by atoms with Gasteiger partial charge in [0.05, 0.1) is 11.4 Å². The standard InChI is InChI=1S/C10H18N4O/c1-7(4-5-11)10(15)12-9-6-14(3)13-8(9)2/h6-7H,4-5,11H2,1-3H3,(H,12,15). The van der Waals surface area contributed by atoms with Crippen LogP contribution in [0.2, 0.25) is 0 Å². The van der Waals surface area contributed by atoms with E-state index in [1.165, 1.54) is 0 Å². The van der Waals surface area contributed by atoms with Gasteiger partial charge in [0, 0.05) is 19.2 Å². The molecule has 1 rings (SSSR count). The van der Waals surface area contributed by atoms with Crippen LogP contribution in [0.15, 0.2) is 6.20 Å². The van der Waals surface area contributed by atoms with E-state index >= 15 is 0 Å². The van der Waals surface area contributed by atoms with E-state index in [-0.39, 0.29) is 11.8 Å². The Balaban J connectivity index is 2.62. The molecule has 3 N–H and O–H groups in total. The maximum atomic E-state index is 11.7. The summed E-state index contributed by atoms with van der Waals surface area (Å²) in [5, 5.41) is 6.98. The molecule has 5 nitrogen and oxygen atoms in total. The third kappa shape index (κ3) is 3.06. The topological polar surface area (TPSA) is 72.9 Å². The van der Waals surface area contributed by atoms with Gasteiger partial charge in [0.25, 0.3) is 0 Å². The molecule has 1 atom stereocenters. The Morgan fingerprint density at radius 1 is 1.73 bits per heavy atom. The van der Waals surface area contributed by atoms with E-state index in [4.69, 9.17) is 5.73 Å². The number of nitrogens with two attached hydrogens (primary N) is 1. The summed E-state index contributed by atoms with van der Waals surface area (Å²) in [4.78, 5) is 11.7. The fraction of sp³-hybridized carbons (Fsp3) is 0.600. The first-order chi connectivity index (χ1) is 7.04. The van der Waals surface area contributed by atoms with Crippen LogP contribution in [0.4, 0.5) is 5.69 Å². The van der Waals surface area contributed by atoms with Crippen LogP contribution < -0.4 is 11.1 Å². The van der Waals surface area contributed by atoms with Gasteiger partial charge in [-0.1, -0.05) is 6.92 Å². The molecule has 0 saturated carbocycles. The maximum Gasteiger partial charge on any atom is 0.227 e. The summed E-state index contributed by atoms with van der Waals surface area (Å²) >= 11 is 0. The van der Waals surface area contributed by atoms with Gasteiger partial charge in [-0.15, -0.1) is 0 Å². The second-order valence-electron chi connectivity index (χ2n) is 3.77. The lowest BCUT2D eigenvalue weighted by molar-refractivity contribution is -0.119. The third-order valence-electron chi connectivity index (χ3n) is 2.32. The minimum Gasteiger partial charge on any atom is -0.330 e. The van der Waals surface area contributed by atoms with Crippen molar-refractivity contribution in [2.24, 2.45) is 18.7 Å². The summed E-state index contributed by atoms with van der Waals surface area (Å²) in [6, 6.07) is 0. The summed E-state index contributed by atoms with van der Waals surface area (Å²) in [5.74, 6) is -0.0637. The quantitative estimate of drug-likeness (QED) is 0.766. The minimum atomic E-state index is -0.0605. The Morgan fingerprint density at radius 3 is 2.87 bits per heavy atom. The monoisotopic (exact) mass is 210 g/mol. The van der Waals surface area contributed by atoms with Gasteiger partial charge >= 0.3 is 0 Å². The molecule has 1 amide bonds. The lowest BCUT2D eigenvalue weighted by Gasteiger charge is -2.09. The van der Waals surface area contributed by atoms with Crippen LogP contribution in [-0.4, -0.2) is 22.2 Å². The second-order valence-corrected chi connectivity index (χ2v) is 3.77. The largest absolute Gasteiger partial charge is 0.330 e. The Bertz CT molecular complexity index is 345. The van der Waals surface area contributed by atoms with Gasteiger partial charge in [0.1, 0.15) is 0 Å². The number of aromatic nitrogens is 2. The molecule has 84 valence electrons. The fourth-order valence-corrected chi connectivity index (χ4v) is 1.36. The molecule has 0 saturated heterocycles. The number of anilines is 1. The van der Waals surface area contributed by atoms with Crippen molar-refractivity contribution in [2.75, 3.05) is 11.9 Å². The summed E-state index contributed by atoms with van der Waals surface area (Å²) < 4.78 is 1.68. The summed E-state index contributed by atoms with van der Waals surface area (Å²) in [7, 11) is 1.83. The van der Waals surface area contributed by atoms with Crippen molar-refractivity contribution < 1.29 is 4.79 Å². The molecule has 0 aliphatic carbocycles. The molecule has 1 heterocycles. The number of rotatable bonds is 4. The molecule has 0 aliphatic heterocycles. The van der Waals surface area contributed by atoms with Crippen LogP contribution in [0.25, 0.3) is 0 Å². The van der Waals surface area contributed by atoms with E-state index in [1.807, 2.05) is 20.9 Å². The number of amides is 1. The predicted molar refractivity (Wildman–Crippen MR) is 59.4 cm³/mol. The van der Waals surface area contributed by atoms with Crippen molar-refractivity contribution >= 4 is 11.6 Å². The highest BCUT2D eigenvalue weighted by Gasteiger charge is 2.13. The van der Waals surface area contributed by atoms with Gasteiger partial charge in [-0.3, -0.25) is 9.48 Å². The van der Waals surface area contributed by atoms with Crippen LogP contribution in [-0.2, 0) is 11.8 Å². The number of carbonyl (C=O) groups excluding carboxylic acids is 1. The highest BCUT2D eigenvalue weighted by Crippen LogP contribution is 2.13. The molecular formula is C10H18N4O. The van der Waals surface area contributed by atoms with Crippen molar-refractivity contribution in [1.82, 2.24) is 9.78 Å². The molecule has 1 aromatic heterocycles. The van der Waals surface area contributed by atoms with E-state index in [9.17, 15) is 4.79 Å². The summed E-state index contributed by atoms with van der Waals surface area (Å²) in [5.41, 5.74) is 6.99. The average Bonchev–Trinajstić information content (AvgIpc) is 2.45. The van der Waals surface area contributed by atoms with Gasteiger partial charge in [-0.05, 0) is 19.9 Å². The van der Waals surface area contributed by atoms with Gasteiger partial charge in [-0.2, -0.15) is 5.10 Å². The van der Waals surface area contributed by atoms with E-state index in [2.05, 4.69) is 10.4 Å². The normalized spacial score (nSPS) is 12.5. The zero-order valence-electron chi connectivity index (χ0n) is 9.45. The number of hydrogen-bond acceptors (Lipinski definition) is 3. The molecule has 0 spiro atoms. The van der Waals surface area contributed by atoms with E-state index in [0.29, 0.717) is 13.0 Å².